The highest BCUT2D eigenvalue weighted by atomic mass is 32.2. The average Bonchev–Trinajstić information content (AvgIpc) is 3.13. The molecule has 0 saturated heterocycles. The largest absolute Gasteiger partial charge is 0.379 e. The number of benzene rings is 6. The quantitative estimate of drug-likeness (QED) is 0.0344. The molecule has 6 aromatic rings. The van der Waals surface area contributed by atoms with E-state index in [1.807, 2.05) is 6.92 Å². The number of hydrogen-bond donors (Lipinski definition) is 3. The van der Waals surface area contributed by atoms with Crippen LogP contribution in [0.25, 0.3) is 10.8 Å². The molecule has 55 heavy (non-hydrogen) atoms. The standard InChI is InChI=1S/C35H26N6O11S3/c1-22-2-13-28(14-3-22)55(50,51)52-27-11-8-25(9-12-27)38-40-33-19-18-32(30-16-15-29(21-31(30)33)53(44,45)46)39-37-24-6-4-23(5-7-24)36-34-17-10-26(41(42)43)20-35(34)54(47,48)49/h2-21,36H,1H3,(H,44,45,46)(H,47,48,49). The maximum Gasteiger partial charge on any atom is 0.339 e. The van der Waals surface area contributed by atoms with E-state index in [1.54, 1.807) is 18.2 Å². The van der Waals surface area contributed by atoms with Gasteiger partial charge in [-0.15, -0.1) is 10.2 Å². The smallest absolute Gasteiger partial charge is 0.339 e. The molecule has 3 N–H and O–H groups in total. The van der Waals surface area contributed by atoms with Gasteiger partial charge >= 0.3 is 10.1 Å². The molecule has 280 valence electrons. The minimum absolute atomic E-state index is 0.00724. The number of fused-ring (bicyclic) bond motifs is 1. The molecular weight excluding hydrogens is 777 g/mol. The van der Waals surface area contributed by atoms with Crippen molar-refractivity contribution in [2.75, 3.05) is 5.32 Å². The summed E-state index contributed by atoms with van der Waals surface area (Å²) in [5, 5.41) is 31.5. The topological polar surface area (TPSA) is 257 Å². The first-order chi connectivity index (χ1) is 26.0. The Balaban J connectivity index is 1.23. The second-order valence-electron chi connectivity index (χ2n) is 11.6. The third-order valence-corrected chi connectivity index (χ3v) is 10.7. The summed E-state index contributed by atoms with van der Waals surface area (Å²) in [6.45, 7) is 1.83. The van der Waals surface area contributed by atoms with Crippen molar-refractivity contribution < 1.29 is 43.5 Å². The summed E-state index contributed by atoms with van der Waals surface area (Å²) in [5.41, 5.74) is 1.75. The first-order valence-electron chi connectivity index (χ1n) is 15.6. The molecular formula is C35H26N6O11S3. The van der Waals surface area contributed by atoms with Crippen molar-refractivity contribution in [3.05, 3.63) is 137 Å². The molecule has 0 fully saturated rings. The van der Waals surface area contributed by atoms with Crippen LogP contribution in [0.3, 0.4) is 0 Å². The van der Waals surface area contributed by atoms with Crippen LogP contribution in [0.2, 0.25) is 0 Å². The molecule has 0 heterocycles. The number of rotatable bonds is 12. The van der Waals surface area contributed by atoms with Gasteiger partial charge in [-0.2, -0.15) is 35.5 Å². The lowest BCUT2D eigenvalue weighted by molar-refractivity contribution is -0.385. The van der Waals surface area contributed by atoms with Crippen molar-refractivity contribution in [1.82, 2.24) is 0 Å². The molecule has 0 bridgehead atoms. The number of nitro benzene ring substituents is 1. The Morgan fingerprint density at radius 3 is 1.75 bits per heavy atom. The fourth-order valence-electron chi connectivity index (χ4n) is 5.01. The van der Waals surface area contributed by atoms with Gasteiger partial charge in [0.05, 0.1) is 38.3 Å². The zero-order valence-electron chi connectivity index (χ0n) is 28.1. The molecule has 20 heteroatoms. The molecule has 0 aliphatic rings. The lowest BCUT2D eigenvalue weighted by Gasteiger charge is -2.10. The molecule has 6 aromatic carbocycles. The third kappa shape index (κ3) is 9.20. The highest BCUT2D eigenvalue weighted by molar-refractivity contribution is 7.87. The summed E-state index contributed by atoms with van der Waals surface area (Å²) in [6.07, 6.45) is 0. The van der Waals surface area contributed by atoms with Crippen molar-refractivity contribution in [3.63, 3.8) is 0 Å². The zero-order valence-corrected chi connectivity index (χ0v) is 30.5. The van der Waals surface area contributed by atoms with Gasteiger partial charge in [0.2, 0.25) is 0 Å². The predicted octanol–water partition coefficient (Wildman–Crippen LogP) is 8.89. The Morgan fingerprint density at radius 2 is 1.18 bits per heavy atom. The fraction of sp³-hybridized carbons (Fsp3) is 0.0286. The molecule has 0 spiro atoms. The van der Waals surface area contributed by atoms with Crippen LogP contribution < -0.4 is 9.50 Å². The first kappa shape index (κ1) is 38.3. The van der Waals surface area contributed by atoms with E-state index in [-0.39, 0.29) is 33.1 Å². The summed E-state index contributed by atoms with van der Waals surface area (Å²) < 4.78 is 97.5. The van der Waals surface area contributed by atoms with Crippen LogP contribution in [0, 0.1) is 17.0 Å². The van der Waals surface area contributed by atoms with Crippen LogP contribution in [-0.4, -0.2) is 39.3 Å². The number of nitrogens with one attached hydrogen (secondary N) is 1. The Labute approximate surface area is 313 Å². The van der Waals surface area contributed by atoms with Crippen LogP contribution in [-0.2, 0) is 30.4 Å². The fourth-order valence-corrected chi connectivity index (χ4v) is 7.11. The SMILES string of the molecule is Cc1ccc(S(=O)(=O)Oc2ccc(N=Nc3ccc(N=Nc4ccc(Nc5ccc([N+](=O)[O-])cc5S(=O)(=O)O)cc4)c4ccc(S(=O)(=O)O)cc34)cc2)cc1. The normalized spacial score (nSPS) is 12.3. The lowest BCUT2D eigenvalue weighted by Crippen LogP contribution is -2.09. The summed E-state index contributed by atoms with van der Waals surface area (Å²) in [6, 6.07) is 27.8. The number of hydrogen-bond acceptors (Lipinski definition) is 14. The van der Waals surface area contributed by atoms with Gasteiger partial charge in [-0.25, -0.2) is 0 Å². The van der Waals surface area contributed by atoms with Gasteiger partial charge in [0, 0.05) is 28.6 Å². The van der Waals surface area contributed by atoms with Crippen LogP contribution >= 0.6 is 0 Å². The molecule has 6 rings (SSSR count). The molecule has 0 unspecified atom stereocenters. The van der Waals surface area contributed by atoms with E-state index < -0.39 is 50.8 Å². The lowest BCUT2D eigenvalue weighted by atomic mass is 10.1. The van der Waals surface area contributed by atoms with Crippen molar-refractivity contribution in [2.45, 2.75) is 21.6 Å². The van der Waals surface area contributed by atoms with Gasteiger partial charge in [-0.05, 0) is 97.9 Å². The number of nitro groups is 1. The maximum atomic E-state index is 12.6. The molecule has 0 aromatic heterocycles. The van der Waals surface area contributed by atoms with E-state index in [0.29, 0.717) is 22.4 Å². The average molecular weight is 803 g/mol. The van der Waals surface area contributed by atoms with Crippen molar-refractivity contribution in [2.24, 2.45) is 20.5 Å². The Bertz CT molecular complexity index is 2850. The van der Waals surface area contributed by atoms with E-state index in [2.05, 4.69) is 25.8 Å². The second-order valence-corrected chi connectivity index (χ2v) is 16.0. The van der Waals surface area contributed by atoms with Gasteiger partial charge < -0.3 is 9.50 Å². The van der Waals surface area contributed by atoms with Gasteiger partial charge in [0.25, 0.3) is 25.9 Å². The van der Waals surface area contributed by atoms with E-state index in [9.17, 15) is 44.5 Å². The molecule has 0 saturated carbocycles. The third-order valence-electron chi connectivity index (χ3n) is 7.74. The molecule has 0 aliphatic carbocycles. The van der Waals surface area contributed by atoms with Crippen LogP contribution in [0.1, 0.15) is 5.56 Å². The molecule has 17 nitrogen and oxygen atoms in total. The Morgan fingerprint density at radius 1 is 0.618 bits per heavy atom. The number of nitrogens with zero attached hydrogens (tertiary/aromatic N) is 5. The van der Waals surface area contributed by atoms with E-state index in [0.717, 1.165) is 23.8 Å². The summed E-state index contributed by atoms with van der Waals surface area (Å²) in [4.78, 5) is 9.19. The van der Waals surface area contributed by atoms with Gasteiger partial charge in [-0.1, -0.05) is 23.8 Å². The minimum atomic E-state index is -4.81. The van der Waals surface area contributed by atoms with Gasteiger partial charge in [0.1, 0.15) is 15.5 Å². The molecule has 0 aliphatic heterocycles. The number of anilines is 2. The van der Waals surface area contributed by atoms with Gasteiger partial charge in [-0.3, -0.25) is 19.2 Å². The minimum Gasteiger partial charge on any atom is -0.379 e. The van der Waals surface area contributed by atoms with Gasteiger partial charge in [0.15, 0.2) is 0 Å². The van der Waals surface area contributed by atoms with E-state index in [1.165, 1.54) is 84.9 Å². The van der Waals surface area contributed by atoms with Crippen LogP contribution in [0.4, 0.5) is 39.8 Å². The van der Waals surface area contributed by atoms with E-state index in [4.69, 9.17) is 4.18 Å². The second kappa shape index (κ2) is 15.1. The molecule has 0 atom stereocenters. The van der Waals surface area contributed by atoms with Crippen LogP contribution in [0.15, 0.2) is 156 Å². The number of azo groups is 2. The number of non-ortho nitro benzene ring substituents is 1. The zero-order chi connectivity index (χ0) is 39.5. The molecule has 0 radical (unpaired) electrons. The monoisotopic (exact) mass is 802 g/mol. The summed E-state index contributed by atoms with van der Waals surface area (Å²) in [5.74, 6) is 0.0409. The van der Waals surface area contributed by atoms with Crippen molar-refractivity contribution in [1.29, 1.82) is 0 Å². The van der Waals surface area contributed by atoms with Crippen LogP contribution in [0.5, 0.6) is 5.75 Å². The van der Waals surface area contributed by atoms with E-state index >= 15 is 0 Å². The highest BCUT2D eigenvalue weighted by Gasteiger charge is 2.21. The first-order valence-corrected chi connectivity index (χ1v) is 19.9. The summed E-state index contributed by atoms with van der Waals surface area (Å²) >= 11 is 0. The van der Waals surface area contributed by atoms with Crippen molar-refractivity contribution >= 4 is 80.9 Å². The Hall–Kier alpha value is -6.45. The summed E-state index contributed by atoms with van der Waals surface area (Å²) in [7, 11) is -13.5. The molecule has 0 amide bonds. The predicted molar refractivity (Wildman–Crippen MR) is 200 cm³/mol. The Kier molecular flexibility index (Phi) is 10.5. The number of aryl methyl sites for hydroxylation is 1. The van der Waals surface area contributed by atoms with Crippen molar-refractivity contribution in [3.8, 4) is 5.75 Å². The maximum absolute atomic E-state index is 12.6. The highest BCUT2D eigenvalue weighted by Crippen LogP contribution is 2.37.